The summed E-state index contributed by atoms with van der Waals surface area (Å²) in [5.74, 6) is 1.46. The summed E-state index contributed by atoms with van der Waals surface area (Å²) >= 11 is 0. The maximum absolute atomic E-state index is 12.8. The predicted molar refractivity (Wildman–Crippen MR) is 108 cm³/mol. The van der Waals surface area contributed by atoms with Crippen LogP contribution in [0.1, 0.15) is 23.0 Å². The van der Waals surface area contributed by atoms with Crippen molar-refractivity contribution < 1.29 is 23.7 Å². The third-order valence-corrected chi connectivity index (χ3v) is 4.53. The third kappa shape index (κ3) is 3.45. The summed E-state index contributed by atoms with van der Waals surface area (Å²) in [6, 6.07) is 11.2. The normalized spacial score (nSPS) is 10.6. The molecule has 6 heteroatoms. The van der Waals surface area contributed by atoms with Crippen LogP contribution in [0, 0.1) is 6.92 Å². The number of nitrogens with zero attached hydrogens (tertiary/aromatic N) is 1. The van der Waals surface area contributed by atoms with Crippen molar-refractivity contribution in [3.63, 3.8) is 0 Å². The number of aryl methyl sites for hydroxylation is 1. The maximum atomic E-state index is 12.8. The first-order valence-electron chi connectivity index (χ1n) is 8.91. The minimum absolute atomic E-state index is 0.282. The van der Waals surface area contributed by atoms with Gasteiger partial charge in [0.2, 0.25) is 0 Å². The van der Waals surface area contributed by atoms with Gasteiger partial charge < -0.3 is 18.9 Å². The van der Waals surface area contributed by atoms with Gasteiger partial charge >= 0.3 is 5.97 Å². The second-order valence-electron chi connectivity index (χ2n) is 6.12. The Morgan fingerprint density at radius 3 is 2.18 bits per heavy atom. The fourth-order valence-electron chi connectivity index (χ4n) is 3.22. The van der Waals surface area contributed by atoms with Crippen LogP contribution in [0.5, 0.6) is 17.2 Å². The van der Waals surface area contributed by atoms with Gasteiger partial charge in [-0.2, -0.15) is 0 Å². The highest BCUT2D eigenvalue weighted by molar-refractivity contribution is 6.08. The molecule has 28 heavy (non-hydrogen) atoms. The summed E-state index contributed by atoms with van der Waals surface area (Å²) in [5.41, 5.74) is 3.32. The first kappa shape index (κ1) is 19.5. The van der Waals surface area contributed by atoms with Crippen LogP contribution in [0.4, 0.5) is 0 Å². The summed E-state index contributed by atoms with van der Waals surface area (Å²) in [5, 5.41) is 0.775. The van der Waals surface area contributed by atoms with Crippen molar-refractivity contribution in [2.24, 2.45) is 0 Å². The van der Waals surface area contributed by atoms with E-state index in [4.69, 9.17) is 18.9 Å². The highest BCUT2D eigenvalue weighted by atomic mass is 16.5. The molecule has 0 amide bonds. The van der Waals surface area contributed by atoms with Gasteiger partial charge in [0, 0.05) is 17.0 Å². The van der Waals surface area contributed by atoms with E-state index in [-0.39, 0.29) is 6.61 Å². The highest BCUT2D eigenvalue weighted by Gasteiger charge is 2.23. The van der Waals surface area contributed by atoms with E-state index in [1.54, 1.807) is 35.2 Å². The average Bonchev–Trinajstić information content (AvgIpc) is 2.72. The minimum Gasteiger partial charge on any atom is -0.497 e. The minimum atomic E-state index is -0.407. The Hall–Kier alpha value is -3.28. The largest absolute Gasteiger partial charge is 0.497 e. The number of fused-ring (bicyclic) bond motifs is 1. The van der Waals surface area contributed by atoms with E-state index in [2.05, 4.69) is 4.98 Å². The second-order valence-corrected chi connectivity index (χ2v) is 6.12. The SMILES string of the molecule is CCOC(=O)c1c(C)nc2cc(OC)c(OC)cc2c1-c1ccc(OC)cc1. The Bertz CT molecular complexity index is 1010. The molecule has 0 aliphatic heterocycles. The Kier molecular flexibility index (Phi) is 5.68. The van der Waals surface area contributed by atoms with Crippen molar-refractivity contribution in [2.75, 3.05) is 27.9 Å². The van der Waals surface area contributed by atoms with Gasteiger partial charge in [0.15, 0.2) is 11.5 Å². The van der Waals surface area contributed by atoms with Crippen molar-refractivity contribution in [3.05, 3.63) is 47.7 Å². The molecule has 3 rings (SSSR count). The standard InChI is InChI=1S/C22H23NO5/c1-6-28-22(24)20-13(2)23-17-12-19(27-5)18(26-4)11-16(17)21(20)14-7-9-15(25-3)10-8-14/h7-12H,6H2,1-5H3. The lowest BCUT2D eigenvalue weighted by atomic mass is 9.94. The number of benzene rings is 2. The second kappa shape index (κ2) is 8.17. The van der Waals surface area contributed by atoms with E-state index in [0.29, 0.717) is 28.3 Å². The van der Waals surface area contributed by atoms with Gasteiger partial charge in [-0.25, -0.2) is 4.79 Å². The number of esters is 1. The van der Waals surface area contributed by atoms with E-state index >= 15 is 0 Å². The molecule has 1 heterocycles. The quantitative estimate of drug-likeness (QED) is 0.589. The summed E-state index contributed by atoms with van der Waals surface area (Å²) in [6.07, 6.45) is 0. The number of methoxy groups -OCH3 is 3. The third-order valence-electron chi connectivity index (χ3n) is 4.53. The molecule has 6 nitrogen and oxygen atoms in total. The number of hydrogen-bond donors (Lipinski definition) is 0. The van der Waals surface area contributed by atoms with E-state index in [9.17, 15) is 4.79 Å². The molecule has 0 unspecified atom stereocenters. The number of carbonyl (C=O) groups excluding carboxylic acids is 1. The van der Waals surface area contributed by atoms with Crippen molar-refractivity contribution in [2.45, 2.75) is 13.8 Å². The van der Waals surface area contributed by atoms with Crippen molar-refractivity contribution in [1.82, 2.24) is 4.98 Å². The van der Waals surface area contributed by atoms with Crippen LogP contribution in [-0.2, 0) is 4.74 Å². The van der Waals surface area contributed by atoms with Gasteiger partial charge in [-0.1, -0.05) is 12.1 Å². The van der Waals surface area contributed by atoms with E-state index < -0.39 is 5.97 Å². The van der Waals surface area contributed by atoms with Gasteiger partial charge in [-0.15, -0.1) is 0 Å². The molecule has 0 bridgehead atoms. The smallest absolute Gasteiger partial charge is 0.340 e. The fourth-order valence-corrected chi connectivity index (χ4v) is 3.22. The zero-order chi connectivity index (χ0) is 20.3. The van der Waals surface area contributed by atoms with Gasteiger partial charge in [0.05, 0.1) is 44.7 Å². The summed E-state index contributed by atoms with van der Waals surface area (Å²) < 4.78 is 21.4. The van der Waals surface area contributed by atoms with Crippen LogP contribution in [0.15, 0.2) is 36.4 Å². The number of ether oxygens (including phenoxy) is 4. The molecule has 0 aliphatic carbocycles. The Morgan fingerprint density at radius 2 is 1.61 bits per heavy atom. The molecule has 0 aliphatic rings. The van der Waals surface area contributed by atoms with Gasteiger partial charge in [-0.3, -0.25) is 4.98 Å². The molecule has 0 saturated heterocycles. The van der Waals surface area contributed by atoms with E-state index in [1.807, 2.05) is 36.4 Å². The number of pyridine rings is 1. The monoisotopic (exact) mass is 381 g/mol. The van der Waals surface area contributed by atoms with Crippen molar-refractivity contribution >= 4 is 16.9 Å². The Morgan fingerprint density at radius 1 is 0.964 bits per heavy atom. The maximum Gasteiger partial charge on any atom is 0.340 e. The fraction of sp³-hybridized carbons (Fsp3) is 0.273. The van der Waals surface area contributed by atoms with E-state index in [1.165, 1.54) is 0 Å². The molecular weight excluding hydrogens is 358 g/mol. The first-order valence-corrected chi connectivity index (χ1v) is 8.91. The predicted octanol–water partition coefficient (Wildman–Crippen LogP) is 4.41. The molecule has 1 aromatic heterocycles. The molecule has 0 spiro atoms. The van der Waals surface area contributed by atoms with Crippen LogP contribution in [0.3, 0.4) is 0 Å². The highest BCUT2D eigenvalue weighted by Crippen LogP contribution is 2.39. The average molecular weight is 381 g/mol. The van der Waals surface area contributed by atoms with Crippen LogP contribution in [0.25, 0.3) is 22.0 Å². The van der Waals surface area contributed by atoms with Gasteiger partial charge in [-0.05, 0) is 37.6 Å². The summed E-state index contributed by atoms with van der Waals surface area (Å²) in [7, 11) is 4.76. The van der Waals surface area contributed by atoms with Crippen LogP contribution in [-0.4, -0.2) is 38.9 Å². The molecule has 3 aromatic rings. The van der Waals surface area contributed by atoms with E-state index in [0.717, 1.165) is 22.3 Å². The number of rotatable bonds is 6. The van der Waals surface area contributed by atoms with Gasteiger partial charge in [0.25, 0.3) is 0 Å². The van der Waals surface area contributed by atoms with Crippen molar-refractivity contribution in [1.29, 1.82) is 0 Å². The van der Waals surface area contributed by atoms with Crippen molar-refractivity contribution in [3.8, 4) is 28.4 Å². The van der Waals surface area contributed by atoms with Crippen LogP contribution >= 0.6 is 0 Å². The lowest BCUT2D eigenvalue weighted by molar-refractivity contribution is 0.0526. The van der Waals surface area contributed by atoms with Gasteiger partial charge in [0.1, 0.15) is 5.75 Å². The molecule has 2 aromatic carbocycles. The zero-order valence-corrected chi connectivity index (χ0v) is 16.7. The number of aromatic nitrogens is 1. The first-order chi connectivity index (χ1) is 13.5. The topological polar surface area (TPSA) is 66.9 Å². The Labute approximate surface area is 164 Å². The molecule has 0 saturated carbocycles. The molecule has 146 valence electrons. The summed E-state index contributed by atoms with van der Waals surface area (Å²) in [4.78, 5) is 17.4. The summed E-state index contributed by atoms with van der Waals surface area (Å²) in [6.45, 7) is 3.86. The molecule has 0 atom stereocenters. The lowest BCUT2D eigenvalue weighted by Gasteiger charge is -2.17. The Balaban J connectivity index is 2.39. The zero-order valence-electron chi connectivity index (χ0n) is 16.7. The lowest BCUT2D eigenvalue weighted by Crippen LogP contribution is -2.11. The van der Waals surface area contributed by atoms with Crippen LogP contribution in [0.2, 0.25) is 0 Å². The number of hydrogen-bond acceptors (Lipinski definition) is 6. The molecule has 0 radical (unpaired) electrons. The number of carbonyl (C=O) groups is 1. The van der Waals surface area contributed by atoms with Crippen LogP contribution < -0.4 is 14.2 Å². The molecule has 0 N–H and O–H groups in total. The molecule has 0 fully saturated rings. The molecular formula is C22H23NO5.